The van der Waals surface area contributed by atoms with Gasteiger partial charge in [-0.1, -0.05) is 12.1 Å². The lowest BCUT2D eigenvalue weighted by molar-refractivity contribution is -0.385. The van der Waals surface area contributed by atoms with Crippen molar-refractivity contribution in [3.63, 3.8) is 0 Å². The van der Waals surface area contributed by atoms with Crippen LogP contribution in [0, 0.1) is 10.1 Å². The number of imide groups is 1. The maximum atomic E-state index is 12.4. The van der Waals surface area contributed by atoms with Gasteiger partial charge in [-0.2, -0.15) is 0 Å². The normalized spacial score (nSPS) is 12.3. The fourth-order valence-corrected chi connectivity index (χ4v) is 3.18. The maximum absolute atomic E-state index is 12.4. The minimum Gasteiger partial charge on any atom is -0.454 e. The highest BCUT2D eigenvalue weighted by molar-refractivity contribution is 7.12. The zero-order valence-corrected chi connectivity index (χ0v) is 15.8. The highest BCUT2D eigenvalue weighted by atomic mass is 32.1. The molecule has 0 unspecified atom stereocenters. The molecule has 154 valence electrons. The topological polar surface area (TPSA) is 165 Å². The van der Waals surface area contributed by atoms with E-state index >= 15 is 0 Å². The molecule has 3 rings (SSSR count). The van der Waals surface area contributed by atoms with Crippen LogP contribution < -0.4 is 10.9 Å². The minimum absolute atomic E-state index is 0.198. The average molecular weight is 432 g/mol. The van der Waals surface area contributed by atoms with Gasteiger partial charge in [0.1, 0.15) is 12.1 Å². The minimum atomic E-state index is -1.09. The summed E-state index contributed by atoms with van der Waals surface area (Å²) in [5.41, 5.74) is 3.00. The van der Waals surface area contributed by atoms with Crippen molar-refractivity contribution in [2.75, 3.05) is 13.2 Å². The second kappa shape index (κ2) is 8.48. The fourth-order valence-electron chi connectivity index (χ4n) is 2.56. The summed E-state index contributed by atoms with van der Waals surface area (Å²) < 4.78 is 4.68. The number of hydrogen-bond acceptors (Lipinski definition) is 9. The Hall–Kier alpha value is -4.13. The Kier molecular flexibility index (Phi) is 5.83. The third-order valence-corrected chi connectivity index (χ3v) is 4.75. The Labute approximate surface area is 171 Å². The van der Waals surface area contributed by atoms with Crippen LogP contribution in [0.3, 0.4) is 0 Å². The number of carbonyl (C=O) groups excluding carboxylic acids is 5. The molecule has 12 nitrogen and oxygen atoms in total. The molecular weight excluding hydrogens is 420 g/mol. The molecule has 0 bridgehead atoms. The van der Waals surface area contributed by atoms with Crippen LogP contribution in [0.1, 0.15) is 30.4 Å². The predicted molar refractivity (Wildman–Crippen MR) is 99.4 cm³/mol. The third-order valence-electron chi connectivity index (χ3n) is 3.89. The van der Waals surface area contributed by atoms with Gasteiger partial charge in [-0.15, -0.1) is 11.3 Å². The first kappa shape index (κ1) is 20.6. The van der Waals surface area contributed by atoms with Gasteiger partial charge in [0.15, 0.2) is 6.61 Å². The van der Waals surface area contributed by atoms with E-state index in [2.05, 4.69) is 10.2 Å². The molecule has 0 spiro atoms. The van der Waals surface area contributed by atoms with Gasteiger partial charge in [0.2, 0.25) is 0 Å². The number of amides is 4. The van der Waals surface area contributed by atoms with Gasteiger partial charge in [0.05, 0.1) is 15.4 Å². The van der Waals surface area contributed by atoms with Crippen LogP contribution >= 0.6 is 11.3 Å². The average Bonchev–Trinajstić information content (AvgIpc) is 3.34. The molecule has 0 radical (unpaired) electrons. The largest absolute Gasteiger partial charge is 0.454 e. The van der Waals surface area contributed by atoms with Gasteiger partial charge >= 0.3 is 5.97 Å². The zero-order valence-electron chi connectivity index (χ0n) is 14.9. The van der Waals surface area contributed by atoms with E-state index in [1.807, 2.05) is 5.43 Å². The molecule has 0 saturated carbocycles. The molecule has 1 aromatic heterocycles. The predicted octanol–water partition coefficient (Wildman–Crippen LogP) is 0.257. The van der Waals surface area contributed by atoms with E-state index in [1.54, 1.807) is 17.5 Å². The highest BCUT2D eigenvalue weighted by Crippen LogP contribution is 2.30. The van der Waals surface area contributed by atoms with Gasteiger partial charge in [-0.05, 0) is 17.5 Å². The van der Waals surface area contributed by atoms with E-state index in [0.717, 1.165) is 17.4 Å². The number of hydrogen-bond donors (Lipinski definition) is 2. The van der Waals surface area contributed by atoms with Crippen LogP contribution in [0.25, 0.3) is 0 Å². The zero-order chi connectivity index (χ0) is 21.8. The number of ether oxygens (including phenoxy) is 1. The summed E-state index contributed by atoms with van der Waals surface area (Å²) in [6.07, 6.45) is 0. The SMILES string of the molecule is O=C(COC(=O)CN1C(=O)c2cccc([N+](=O)[O-])c2C1=O)NNC(=O)c1cccs1. The number of nitrogens with one attached hydrogen (secondary N) is 2. The van der Waals surface area contributed by atoms with Crippen LogP contribution in [0.15, 0.2) is 35.7 Å². The van der Waals surface area contributed by atoms with E-state index in [9.17, 15) is 34.1 Å². The van der Waals surface area contributed by atoms with Gasteiger partial charge in [-0.3, -0.25) is 49.8 Å². The Bertz CT molecular complexity index is 1070. The Morgan fingerprint density at radius 3 is 2.53 bits per heavy atom. The monoisotopic (exact) mass is 432 g/mol. The molecule has 0 fully saturated rings. The molecule has 4 amide bonds. The van der Waals surface area contributed by atoms with Crippen LogP contribution in [0.4, 0.5) is 5.69 Å². The molecule has 0 aliphatic carbocycles. The number of esters is 1. The summed E-state index contributed by atoms with van der Waals surface area (Å²) >= 11 is 1.16. The second-order valence-electron chi connectivity index (χ2n) is 5.79. The standard InChI is InChI=1S/C17H12N4O8S/c22-12(18-19-15(24)11-5-2-6-30-11)8-29-13(23)7-20-16(25)9-3-1-4-10(21(27)28)14(9)17(20)26/h1-6H,7-8H2,(H,18,22)(H,19,24). The molecule has 0 saturated heterocycles. The van der Waals surface area contributed by atoms with Crippen molar-refractivity contribution in [1.82, 2.24) is 15.8 Å². The number of fused-ring (bicyclic) bond motifs is 1. The van der Waals surface area contributed by atoms with Crippen molar-refractivity contribution in [3.8, 4) is 0 Å². The molecule has 30 heavy (non-hydrogen) atoms. The summed E-state index contributed by atoms with van der Waals surface area (Å²) in [7, 11) is 0. The number of benzene rings is 1. The molecule has 1 aliphatic heterocycles. The van der Waals surface area contributed by atoms with E-state index in [1.165, 1.54) is 12.1 Å². The van der Waals surface area contributed by atoms with Crippen LogP contribution in [0.5, 0.6) is 0 Å². The quantitative estimate of drug-likeness (QED) is 0.284. The van der Waals surface area contributed by atoms with Crippen LogP contribution in [0.2, 0.25) is 0 Å². The smallest absolute Gasteiger partial charge is 0.326 e. The first-order chi connectivity index (χ1) is 14.3. The van der Waals surface area contributed by atoms with Gasteiger partial charge in [0, 0.05) is 6.07 Å². The number of nitro groups is 1. The number of rotatable bonds is 6. The number of thiophene rings is 1. The van der Waals surface area contributed by atoms with Crippen molar-refractivity contribution in [3.05, 3.63) is 61.8 Å². The summed E-state index contributed by atoms with van der Waals surface area (Å²) in [6, 6.07) is 6.74. The van der Waals surface area contributed by atoms with Crippen molar-refractivity contribution in [2.45, 2.75) is 0 Å². The molecule has 2 heterocycles. The lowest BCUT2D eigenvalue weighted by Crippen LogP contribution is -2.44. The second-order valence-corrected chi connectivity index (χ2v) is 6.74. The summed E-state index contributed by atoms with van der Waals surface area (Å²) in [6.45, 7) is -1.62. The first-order valence-corrected chi connectivity index (χ1v) is 9.09. The summed E-state index contributed by atoms with van der Waals surface area (Å²) in [5.74, 6) is -4.40. The van der Waals surface area contributed by atoms with Crippen molar-refractivity contribution < 1.29 is 33.6 Å². The fraction of sp³-hybridized carbons (Fsp3) is 0.118. The first-order valence-electron chi connectivity index (χ1n) is 8.21. The number of carbonyl (C=O) groups is 5. The Morgan fingerprint density at radius 2 is 1.87 bits per heavy atom. The van der Waals surface area contributed by atoms with E-state index in [0.29, 0.717) is 9.78 Å². The lowest BCUT2D eigenvalue weighted by Gasteiger charge is -2.13. The molecule has 13 heteroatoms. The molecule has 2 N–H and O–H groups in total. The lowest BCUT2D eigenvalue weighted by atomic mass is 10.1. The van der Waals surface area contributed by atoms with E-state index < -0.39 is 58.9 Å². The van der Waals surface area contributed by atoms with E-state index in [4.69, 9.17) is 0 Å². The van der Waals surface area contributed by atoms with E-state index in [-0.39, 0.29) is 5.56 Å². The van der Waals surface area contributed by atoms with Crippen molar-refractivity contribution in [1.29, 1.82) is 0 Å². The van der Waals surface area contributed by atoms with Gasteiger partial charge < -0.3 is 4.74 Å². The number of nitro benzene ring substituents is 1. The van der Waals surface area contributed by atoms with Gasteiger partial charge in [0.25, 0.3) is 29.3 Å². The molecule has 0 atom stereocenters. The molecular formula is C17H12N4O8S. The van der Waals surface area contributed by atoms with Gasteiger partial charge in [-0.25, -0.2) is 0 Å². The number of hydrazine groups is 1. The van der Waals surface area contributed by atoms with Crippen LogP contribution in [-0.4, -0.2) is 52.6 Å². The number of nitrogens with zero attached hydrogens (tertiary/aromatic N) is 2. The third kappa shape index (κ3) is 4.15. The van der Waals surface area contributed by atoms with Crippen molar-refractivity contribution in [2.24, 2.45) is 0 Å². The summed E-state index contributed by atoms with van der Waals surface area (Å²) in [4.78, 5) is 71.0. The molecule has 1 aromatic carbocycles. The Balaban J connectivity index is 1.53. The Morgan fingerprint density at radius 1 is 1.10 bits per heavy atom. The van der Waals surface area contributed by atoms with Crippen molar-refractivity contribution >= 4 is 46.6 Å². The molecule has 2 aromatic rings. The highest BCUT2D eigenvalue weighted by Gasteiger charge is 2.41. The molecule has 1 aliphatic rings. The summed E-state index contributed by atoms with van der Waals surface area (Å²) in [5, 5.41) is 12.7. The van der Waals surface area contributed by atoms with Crippen LogP contribution in [-0.2, 0) is 14.3 Å². The maximum Gasteiger partial charge on any atom is 0.326 e.